The molecule has 0 aliphatic rings. The first-order chi connectivity index (χ1) is 15.6. The van der Waals surface area contributed by atoms with E-state index in [-0.39, 0.29) is 11.5 Å². The van der Waals surface area contributed by atoms with Crippen LogP contribution in [-0.2, 0) is 26.1 Å². The SMILES string of the molecule is CCCC[P+](CCCC)(CCCC)CC(=O)Sc1ccccc1CC(=O)NC(C)S(=O)(=O)O. The summed E-state index contributed by atoms with van der Waals surface area (Å²) in [4.78, 5) is 26.3. The van der Waals surface area contributed by atoms with Crippen molar-refractivity contribution in [1.82, 2.24) is 5.32 Å². The highest BCUT2D eigenvalue weighted by Crippen LogP contribution is 2.61. The van der Waals surface area contributed by atoms with Gasteiger partial charge in [-0.1, -0.05) is 58.2 Å². The molecule has 0 aromatic heterocycles. The number of unbranched alkanes of at least 4 members (excludes halogenated alkanes) is 3. The molecule has 0 aliphatic heterocycles. The molecule has 1 amide bonds. The van der Waals surface area contributed by atoms with Gasteiger partial charge in [-0.25, -0.2) is 0 Å². The van der Waals surface area contributed by atoms with E-state index in [4.69, 9.17) is 4.55 Å². The molecule has 1 unspecified atom stereocenters. The van der Waals surface area contributed by atoms with Crippen LogP contribution in [0.1, 0.15) is 71.8 Å². The first-order valence-corrected chi connectivity index (χ1v) is 16.8. The Hall–Kier alpha value is -0.950. The fourth-order valence-electron chi connectivity index (χ4n) is 3.76. The lowest BCUT2D eigenvalue weighted by Gasteiger charge is -2.27. The van der Waals surface area contributed by atoms with Crippen molar-refractivity contribution in [2.75, 3.05) is 24.6 Å². The van der Waals surface area contributed by atoms with Crippen LogP contribution in [0.5, 0.6) is 0 Å². The molecule has 0 heterocycles. The van der Waals surface area contributed by atoms with E-state index < -0.39 is 28.7 Å². The molecule has 0 saturated heterocycles. The lowest BCUT2D eigenvalue weighted by Crippen LogP contribution is -2.39. The molecule has 6 nitrogen and oxygen atoms in total. The molecular formula is C24H41NO5PS2+. The third-order valence-corrected chi connectivity index (χ3v) is 12.7. The van der Waals surface area contributed by atoms with E-state index in [1.807, 2.05) is 12.1 Å². The van der Waals surface area contributed by atoms with Gasteiger partial charge in [-0.15, -0.1) is 0 Å². The van der Waals surface area contributed by atoms with Crippen LogP contribution in [0.25, 0.3) is 0 Å². The van der Waals surface area contributed by atoms with Gasteiger partial charge in [0.25, 0.3) is 10.1 Å². The molecule has 0 aliphatic carbocycles. The Morgan fingerprint density at radius 3 is 2.00 bits per heavy atom. The van der Waals surface area contributed by atoms with E-state index in [9.17, 15) is 18.0 Å². The van der Waals surface area contributed by atoms with Crippen LogP contribution in [0.4, 0.5) is 0 Å². The van der Waals surface area contributed by atoms with E-state index in [2.05, 4.69) is 26.1 Å². The second-order valence-electron chi connectivity index (χ2n) is 8.71. The van der Waals surface area contributed by atoms with E-state index in [0.29, 0.717) is 11.7 Å². The minimum absolute atomic E-state index is 0.0574. The molecule has 0 bridgehead atoms. The zero-order chi connectivity index (χ0) is 24.9. The molecular weight excluding hydrogens is 477 g/mol. The zero-order valence-corrected chi connectivity index (χ0v) is 23.0. The van der Waals surface area contributed by atoms with Crippen molar-refractivity contribution in [3.63, 3.8) is 0 Å². The summed E-state index contributed by atoms with van der Waals surface area (Å²) < 4.78 is 31.4. The summed E-state index contributed by atoms with van der Waals surface area (Å²) in [6.07, 6.45) is 11.0. The van der Waals surface area contributed by atoms with Gasteiger partial charge in [-0.05, 0) is 49.6 Å². The Bertz CT molecular complexity index is 838. The normalized spacial score (nSPS) is 13.0. The number of amides is 1. The third kappa shape index (κ3) is 11.3. The summed E-state index contributed by atoms with van der Waals surface area (Å²) in [5.41, 5.74) is 0.676. The van der Waals surface area contributed by atoms with Gasteiger partial charge in [0.1, 0.15) is 6.16 Å². The Morgan fingerprint density at radius 2 is 1.52 bits per heavy atom. The zero-order valence-electron chi connectivity index (χ0n) is 20.5. The second kappa shape index (κ2) is 15.1. The standard InChI is InChI=1S/C24H40NO5PS2/c1-5-8-15-31(16-9-6-2,17-10-7-3)19-24(27)32-22-14-12-11-13-21(22)18-23(26)25-20(4)33(28,29)30/h11-14,20H,5-10,15-19H2,1-4H3,(H-,25,26,28,29,30)/p+1. The van der Waals surface area contributed by atoms with Gasteiger partial charge in [0.2, 0.25) is 11.0 Å². The Balaban J connectivity index is 2.96. The minimum Gasteiger partial charge on any atom is -0.338 e. The van der Waals surface area contributed by atoms with Crippen molar-refractivity contribution in [3.8, 4) is 0 Å². The molecule has 188 valence electrons. The van der Waals surface area contributed by atoms with Crippen LogP contribution in [0.15, 0.2) is 29.2 Å². The van der Waals surface area contributed by atoms with Crippen LogP contribution >= 0.6 is 19.0 Å². The van der Waals surface area contributed by atoms with Crippen molar-refractivity contribution < 1.29 is 22.6 Å². The quantitative estimate of drug-likeness (QED) is 0.167. The summed E-state index contributed by atoms with van der Waals surface area (Å²) in [6.45, 7) is 7.82. The van der Waals surface area contributed by atoms with E-state index in [1.165, 1.54) is 56.4 Å². The number of benzene rings is 1. The maximum atomic E-state index is 13.2. The van der Waals surface area contributed by atoms with Gasteiger partial charge in [0.15, 0.2) is 5.37 Å². The molecule has 1 atom stereocenters. The highest BCUT2D eigenvalue weighted by Gasteiger charge is 2.38. The Kier molecular flexibility index (Phi) is 13.8. The number of rotatable bonds is 16. The van der Waals surface area contributed by atoms with Crippen molar-refractivity contribution in [2.24, 2.45) is 0 Å². The molecule has 0 spiro atoms. The first kappa shape index (κ1) is 30.1. The molecule has 1 rings (SSSR count). The average Bonchev–Trinajstić information content (AvgIpc) is 2.75. The predicted octanol–water partition coefficient (Wildman–Crippen LogP) is 5.62. The van der Waals surface area contributed by atoms with Gasteiger partial charge in [0, 0.05) is 12.2 Å². The lowest BCUT2D eigenvalue weighted by atomic mass is 10.1. The summed E-state index contributed by atoms with van der Waals surface area (Å²) >= 11 is 1.21. The first-order valence-electron chi connectivity index (χ1n) is 12.0. The third-order valence-electron chi connectivity index (χ3n) is 5.78. The van der Waals surface area contributed by atoms with Gasteiger partial charge in [-0.3, -0.25) is 14.1 Å². The summed E-state index contributed by atoms with van der Waals surface area (Å²) in [6, 6.07) is 7.25. The smallest absolute Gasteiger partial charge is 0.285 e. The maximum absolute atomic E-state index is 13.2. The number of hydrogen-bond donors (Lipinski definition) is 2. The number of carbonyl (C=O) groups is 2. The monoisotopic (exact) mass is 518 g/mol. The topological polar surface area (TPSA) is 101 Å². The highest BCUT2D eigenvalue weighted by molar-refractivity contribution is 8.14. The molecule has 2 N–H and O–H groups in total. The average molecular weight is 519 g/mol. The largest absolute Gasteiger partial charge is 0.338 e. The highest BCUT2D eigenvalue weighted by atomic mass is 32.2. The number of thioether (sulfide) groups is 1. The van der Waals surface area contributed by atoms with Crippen LogP contribution < -0.4 is 5.32 Å². The fraction of sp³-hybridized carbons (Fsp3) is 0.667. The van der Waals surface area contributed by atoms with Crippen LogP contribution in [0, 0.1) is 0 Å². The van der Waals surface area contributed by atoms with Crippen molar-refractivity contribution in [1.29, 1.82) is 0 Å². The second-order valence-corrected chi connectivity index (χ2v) is 15.9. The molecule has 0 saturated carbocycles. The van der Waals surface area contributed by atoms with E-state index in [0.717, 1.165) is 24.2 Å². The summed E-state index contributed by atoms with van der Waals surface area (Å²) in [7, 11) is -5.71. The summed E-state index contributed by atoms with van der Waals surface area (Å²) in [5, 5.41) is 1.07. The number of carbonyl (C=O) groups excluding carboxylic acids is 2. The number of nitrogens with one attached hydrogen (secondary N) is 1. The van der Waals surface area contributed by atoms with E-state index >= 15 is 0 Å². The Labute approximate surface area is 205 Å². The molecule has 9 heteroatoms. The summed E-state index contributed by atoms with van der Waals surface area (Å²) in [5.74, 6) is -0.517. The van der Waals surface area contributed by atoms with Crippen molar-refractivity contribution in [2.45, 2.75) is 82.9 Å². The van der Waals surface area contributed by atoms with Crippen molar-refractivity contribution >= 4 is 40.2 Å². The van der Waals surface area contributed by atoms with Gasteiger partial charge >= 0.3 is 0 Å². The predicted molar refractivity (Wildman–Crippen MR) is 141 cm³/mol. The molecule has 0 radical (unpaired) electrons. The minimum atomic E-state index is -4.35. The fourth-order valence-corrected chi connectivity index (χ4v) is 10.4. The molecule has 33 heavy (non-hydrogen) atoms. The lowest BCUT2D eigenvalue weighted by molar-refractivity contribution is -0.120. The molecule has 1 aromatic carbocycles. The van der Waals surface area contributed by atoms with Crippen molar-refractivity contribution in [3.05, 3.63) is 29.8 Å². The van der Waals surface area contributed by atoms with E-state index in [1.54, 1.807) is 12.1 Å². The van der Waals surface area contributed by atoms with Crippen LogP contribution in [0.3, 0.4) is 0 Å². The molecule has 0 fully saturated rings. The maximum Gasteiger partial charge on any atom is 0.285 e. The Morgan fingerprint density at radius 1 is 1.00 bits per heavy atom. The van der Waals surface area contributed by atoms with Gasteiger partial charge < -0.3 is 5.32 Å². The van der Waals surface area contributed by atoms with Crippen LogP contribution in [-0.4, -0.2) is 54.0 Å². The van der Waals surface area contributed by atoms with Gasteiger partial charge in [-0.2, -0.15) is 8.42 Å². The number of hydrogen-bond acceptors (Lipinski definition) is 5. The van der Waals surface area contributed by atoms with Gasteiger partial charge in [0.05, 0.1) is 24.9 Å². The van der Waals surface area contributed by atoms with Crippen LogP contribution in [0.2, 0.25) is 0 Å². The molecule has 1 aromatic rings.